The summed E-state index contributed by atoms with van der Waals surface area (Å²) in [6.45, 7) is 0.406. The Kier molecular flexibility index (Phi) is 3.28. The van der Waals surface area contributed by atoms with Crippen LogP contribution in [0.25, 0.3) is 11.2 Å². The van der Waals surface area contributed by atoms with Crippen molar-refractivity contribution in [3.8, 4) is 0 Å². The Hall–Kier alpha value is -1.63. The van der Waals surface area contributed by atoms with Crippen LogP contribution in [-0.2, 0) is 16.1 Å². The average Bonchev–Trinajstić information content (AvgIpc) is 2.61. The molecular weight excluding hydrogens is 288 g/mol. The van der Waals surface area contributed by atoms with Crippen LogP contribution in [0.1, 0.15) is 6.42 Å². The van der Waals surface area contributed by atoms with Crippen LogP contribution < -0.4 is 5.73 Å². The third-order valence-electron chi connectivity index (χ3n) is 2.35. The van der Waals surface area contributed by atoms with E-state index in [0.29, 0.717) is 23.7 Å². The van der Waals surface area contributed by atoms with E-state index in [0.717, 1.165) is 4.47 Å². The van der Waals surface area contributed by atoms with Crippen LogP contribution in [0.2, 0.25) is 0 Å². The summed E-state index contributed by atoms with van der Waals surface area (Å²) in [7, 11) is 1.35. The molecule has 2 aromatic heterocycles. The molecular formula is C10H11BrN4O2. The Morgan fingerprint density at radius 1 is 1.65 bits per heavy atom. The second-order valence-electron chi connectivity index (χ2n) is 3.44. The molecule has 0 radical (unpaired) electrons. The number of fused-ring (bicyclic) bond motifs is 1. The fraction of sp³-hybridized carbons (Fsp3) is 0.300. The van der Waals surface area contributed by atoms with E-state index < -0.39 is 0 Å². The molecule has 0 saturated heterocycles. The molecule has 0 aromatic carbocycles. The van der Waals surface area contributed by atoms with Crippen molar-refractivity contribution in [2.45, 2.75) is 13.0 Å². The number of pyridine rings is 1. The van der Waals surface area contributed by atoms with Crippen LogP contribution in [0.4, 0.5) is 5.95 Å². The second kappa shape index (κ2) is 4.70. The van der Waals surface area contributed by atoms with Gasteiger partial charge in [-0.3, -0.25) is 9.36 Å². The normalized spacial score (nSPS) is 10.7. The number of imidazole rings is 1. The standard InChI is InChI=1S/C10H11BrN4O2/c1-17-8(16)2-3-15-9-7(14-10(15)12)4-6(11)5-13-9/h4-5H,2-3H2,1H3,(H2,12,14). The van der Waals surface area contributed by atoms with Gasteiger partial charge in [-0.2, -0.15) is 0 Å². The molecule has 0 fully saturated rings. The summed E-state index contributed by atoms with van der Waals surface area (Å²) < 4.78 is 7.11. The Morgan fingerprint density at radius 3 is 3.12 bits per heavy atom. The molecule has 0 atom stereocenters. The highest BCUT2D eigenvalue weighted by Gasteiger charge is 2.11. The SMILES string of the molecule is COC(=O)CCn1c(N)nc2cc(Br)cnc21. The number of aryl methyl sites for hydroxylation is 1. The first-order chi connectivity index (χ1) is 8.11. The van der Waals surface area contributed by atoms with Gasteiger partial charge in [0.2, 0.25) is 5.95 Å². The lowest BCUT2D eigenvalue weighted by atomic mass is 10.4. The monoisotopic (exact) mass is 298 g/mol. The zero-order valence-electron chi connectivity index (χ0n) is 9.18. The average molecular weight is 299 g/mol. The number of carbonyl (C=O) groups is 1. The molecule has 0 bridgehead atoms. The number of nitrogens with zero attached hydrogens (tertiary/aromatic N) is 3. The summed E-state index contributed by atoms with van der Waals surface area (Å²) in [6, 6.07) is 1.83. The fourth-order valence-electron chi connectivity index (χ4n) is 1.53. The number of nitrogens with two attached hydrogens (primary N) is 1. The van der Waals surface area contributed by atoms with Gasteiger partial charge in [0.15, 0.2) is 5.65 Å². The number of ether oxygens (including phenoxy) is 1. The van der Waals surface area contributed by atoms with E-state index in [-0.39, 0.29) is 12.4 Å². The van der Waals surface area contributed by atoms with Crippen LogP contribution >= 0.6 is 15.9 Å². The molecule has 17 heavy (non-hydrogen) atoms. The van der Waals surface area contributed by atoms with Crippen LogP contribution in [-0.4, -0.2) is 27.6 Å². The Balaban J connectivity index is 2.33. The smallest absolute Gasteiger partial charge is 0.307 e. The highest BCUT2D eigenvalue weighted by atomic mass is 79.9. The van der Waals surface area contributed by atoms with Crippen molar-refractivity contribution in [1.82, 2.24) is 14.5 Å². The molecule has 0 aliphatic heterocycles. The fourth-order valence-corrected chi connectivity index (χ4v) is 1.85. The number of aromatic nitrogens is 3. The summed E-state index contributed by atoms with van der Waals surface area (Å²) in [4.78, 5) is 19.5. The topological polar surface area (TPSA) is 83.0 Å². The van der Waals surface area contributed by atoms with Crippen molar-refractivity contribution < 1.29 is 9.53 Å². The molecule has 7 heteroatoms. The molecule has 0 aliphatic carbocycles. The highest BCUT2D eigenvalue weighted by Crippen LogP contribution is 2.19. The van der Waals surface area contributed by atoms with Crippen LogP contribution in [0, 0.1) is 0 Å². The predicted molar refractivity (Wildman–Crippen MR) is 66.3 cm³/mol. The maximum absolute atomic E-state index is 11.1. The largest absolute Gasteiger partial charge is 0.469 e. The van der Waals surface area contributed by atoms with Crippen LogP contribution in [0.5, 0.6) is 0 Å². The maximum Gasteiger partial charge on any atom is 0.307 e. The van der Waals surface area contributed by atoms with E-state index >= 15 is 0 Å². The minimum Gasteiger partial charge on any atom is -0.469 e. The number of nitrogen functional groups attached to an aromatic ring is 1. The van der Waals surface area contributed by atoms with Crippen molar-refractivity contribution in [1.29, 1.82) is 0 Å². The van der Waals surface area contributed by atoms with E-state index in [2.05, 4.69) is 30.6 Å². The molecule has 0 unspecified atom stereocenters. The van der Waals surface area contributed by atoms with Gasteiger partial charge in [-0.05, 0) is 22.0 Å². The second-order valence-corrected chi connectivity index (χ2v) is 4.36. The molecule has 0 spiro atoms. The van der Waals surface area contributed by atoms with E-state index in [9.17, 15) is 4.79 Å². The molecule has 0 saturated carbocycles. The zero-order chi connectivity index (χ0) is 12.4. The molecule has 90 valence electrons. The molecule has 0 amide bonds. The lowest BCUT2D eigenvalue weighted by molar-refractivity contribution is -0.140. The number of anilines is 1. The van der Waals surface area contributed by atoms with Crippen LogP contribution in [0.15, 0.2) is 16.7 Å². The number of hydrogen-bond donors (Lipinski definition) is 1. The molecule has 2 aromatic rings. The molecule has 6 nitrogen and oxygen atoms in total. The number of carbonyl (C=O) groups excluding carboxylic acids is 1. The summed E-state index contributed by atoms with van der Waals surface area (Å²) in [5.41, 5.74) is 7.13. The summed E-state index contributed by atoms with van der Waals surface area (Å²) in [5.74, 6) is 0.0536. The number of rotatable bonds is 3. The summed E-state index contributed by atoms with van der Waals surface area (Å²) >= 11 is 3.31. The number of halogens is 1. The molecule has 2 N–H and O–H groups in total. The first-order valence-corrected chi connectivity index (χ1v) is 5.75. The quantitative estimate of drug-likeness (QED) is 0.865. The number of methoxy groups -OCH3 is 1. The maximum atomic E-state index is 11.1. The van der Waals surface area contributed by atoms with Gasteiger partial charge in [0.25, 0.3) is 0 Å². The number of esters is 1. The third kappa shape index (κ3) is 2.38. The van der Waals surface area contributed by atoms with Crippen LogP contribution in [0.3, 0.4) is 0 Å². The molecule has 2 heterocycles. The molecule has 2 rings (SSSR count). The Morgan fingerprint density at radius 2 is 2.41 bits per heavy atom. The van der Waals surface area contributed by atoms with Gasteiger partial charge in [-0.15, -0.1) is 0 Å². The van der Waals surface area contributed by atoms with Crippen molar-refractivity contribution in [3.05, 3.63) is 16.7 Å². The van der Waals surface area contributed by atoms with Crippen molar-refractivity contribution in [2.24, 2.45) is 0 Å². The van der Waals surface area contributed by atoms with Gasteiger partial charge in [0.05, 0.1) is 13.5 Å². The van der Waals surface area contributed by atoms with E-state index in [1.165, 1.54) is 7.11 Å². The summed E-state index contributed by atoms with van der Waals surface area (Å²) in [6.07, 6.45) is 1.90. The van der Waals surface area contributed by atoms with Gasteiger partial charge in [-0.25, -0.2) is 9.97 Å². The van der Waals surface area contributed by atoms with Gasteiger partial charge < -0.3 is 10.5 Å². The van der Waals surface area contributed by atoms with Gasteiger partial charge >= 0.3 is 5.97 Å². The lowest BCUT2D eigenvalue weighted by Crippen LogP contribution is -2.09. The zero-order valence-corrected chi connectivity index (χ0v) is 10.8. The highest BCUT2D eigenvalue weighted by molar-refractivity contribution is 9.10. The third-order valence-corrected chi connectivity index (χ3v) is 2.78. The van der Waals surface area contributed by atoms with Crippen molar-refractivity contribution in [2.75, 3.05) is 12.8 Å². The minimum atomic E-state index is -0.289. The van der Waals surface area contributed by atoms with E-state index in [1.54, 1.807) is 10.8 Å². The van der Waals surface area contributed by atoms with Gasteiger partial charge in [-0.1, -0.05) is 0 Å². The first-order valence-electron chi connectivity index (χ1n) is 4.96. The van der Waals surface area contributed by atoms with E-state index in [4.69, 9.17) is 5.73 Å². The van der Waals surface area contributed by atoms with E-state index in [1.807, 2.05) is 6.07 Å². The Bertz CT molecular complexity index is 567. The van der Waals surface area contributed by atoms with Gasteiger partial charge in [0, 0.05) is 17.2 Å². The lowest BCUT2D eigenvalue weighted by Gasteiger charge is -2.04. The Labute approximate surface area is 106 Å². The van der Waals surface area contributed by atoms with Crippen molar-refractivity contribution in [3.63, 3.8) is 0 Å². The van der Waals surface area contributed by atoms with Gasteiger partial charge in [0.1, 0.15) is 5.52 Å². The number of hydrogen-bond acceptors (Lipinski definition) is 5. The first kappa shape index (κ1) is 11.8. The molecule has 0 aliphatic rings. The minimum absolute atomic E-state index is 0.240. The predicted octanol–water partition coefficient (Wildman–Crippen LogP) is 1.34. The van der Waals surface area contributed by atoms with Crippen molar-refractivity contribution >= 4 is 39.0 Å². The summed E-state index contributed by atoms with van der Waals surface area (Å²) in [5, 5.41) is 0.